The zero-order valence-electron chi connectivity index (χ0n) is 26.2. The molecular formula is C34H50N3O4P. The fraction of sp³-hybridized carbons (Fsp3) is 0.500. The zero-order chi connectivity index (χ0) is 31.1. The second-order valence-electron chi connectivity index (χ2n) is 11.4. The molecule has 1 aliphatic heterocycles. The number of carbonyl (C=O) groups is 2. The normalized spacial score (nSPS) is 16.0. The van der Waals surface area contributed by atoms with E-state index in [0.717, 1.165) is 38.6 Å². The van der Waals surface area contributed by atoms with Crippen LogP contribution in [0.15, 0.2) is 67.4 Å². The van der Waals surface area contributed by atoms with Gasteiger partial charge in [0.25, 0.3) is 5.91 Å². The number of hydrogen-bond acceptors (Lipinski definition) is 5. The molecule has 230 valence electrons. The topological polar surface area (TPSA) is 79.9 Å². The maximum Gasteiger partial charge on any atom is 0.252 e. The maximum atomic E-state index is 12.6. The van der Waals surface area contributed by atoms with E-state index in [2.05, 4.69) is 52.1 Å². The number of likely N-dealkylation sites (tertiary alicyclic amines) is 1. The molecule has 2 amide bonds. The number of ether oxygens (including phenoxy) is 2. The monoisotopic (exact) mass is 595 g/mol. The summed E-state index contributed by atoms with van der Waals surface area (Å²) in [4.78, 5) is 26.8. The number of nitrogens with one attached hydrogen (secondary N) is 2. The van der Waals surface area contributed by atoms with Gasteiger partial charge in [-0.25, -0.2) is 0 Å². The van der Waals surface area contributed by atoms with Gasteiger partial charge in [0.2, 0.25) is 5.91 Å². The van der Waals surface area contributed by atoms with Gasteiger partial charge in [0.1, 0.15) is 11.3 Å². The lowest BCUT2D eigenvalue weighted by Crippen LogP contribution is -2.56. The van der Waals surface area contributed by atoms with Crippen molar-refractivity contribution >= 4 is 26.0 Å². The van der Waals surface area contributed by atoms with Gasteiger partial charge in [-0.15, -0.1) is 8.86 Å². The first-order valence-electron chi connectivity index (χ1n) is 14.9. The van der Waals surface area contributed by atoms with Crippen LogP contribution in [0.1, 0.15) is 82.6 Å². The highest BCUT2D eigenvalue weighted by Gasteiger charge is 2.37. The standard InChI is InChI=1S/C17H24N2O3.C17H26NOP/c1-12-6-5-11-19(12)16(21)17(2,3)18-15(20)13-7-9-14(22-4)10-8-13;1-4-9-17(16(18-5-2)12-14(3)20)19-13-15-10-7-6-8-11-15/h7-10,12H,5-6,11H2,1-4H3,(H,18,20);5-8,10-11,16-18,20H,2,4,9,12-13H2,1,3H3. The minimum Gasteiger partial charge on any atom is -0.497 e. The van der Waals surface area contributed by atoms with E-state index in [1.807, 2.05) is 30.0 Å². The number of methoxy groups -OCH3 is 1. The Hall–Kier alpha value is -3.15. The number of amides is 2. The molecule has 2 aromatic rings. The number of carbonyl (C=O) groups excluding carboxylic acids is 2. The van der Waals surface area contributed by atoms with Crippen LogP contribution < -0.4 is 15.4 Å². The summed E-state index contributed by atoms with van der Waals surface area (Å²) in [6.45, 7) is 15.0. The van der Waals surface area contributed by atoms with Crippen molar-refractivity contribution in [2.45, 2.75) is 97.1 Å². The van der Waals surface area contributed by atoms with Crippen LogP contribution in [0.25, 0.3) is 0 Å². The lowest BCUT2D eigenvalue weighted by atomic mass is 10.0. The van der Waals surface area contributed by atoms with Gasteiger partial charge in [-0.1, -0.05) is 55.5 Å². The van der Waals surface area contributed by atoms with E-state index in [1.165, 1.54) is 10.9 Å². The Morgan fingerprint density at radius 3 is 2.36 bits per heavy atom. The largest absolute Gasteiger partial charge is 0.497 e. The van der Waals surface area contributed by atoms with Crippen LogP contribution in [0.4, 0.5) is 0 Å². The van der Waals surface area contributed by atoms with Gasteiger partial charge in [0.05, 0.1) is 25.9 Å². The molecule has 0 radical (unpaired) electrons. The second kappa shape index (κ2) is 17.7. The third-order valence-corrected chi connectivity index (χ3v) is 7.52. The van der Waals surface area contributed by atoms with Crippen LogP contribution in [-0.4, -0.2) is 59.4 Å². The number of benzene rings is 2. The lowest BCUT2D eigenvalue weighted by molar-refractivity contribution is -0.137. The van der Waals surface area contributed by atoms with Crippen LogP contribution >= 0.6 is 8.86 Å². The summed E-state index contributed by atoms with van der Waals surface area (Å²) in [5, 5.41) is 7.37. The molecule has 2 N–H and O–H groups in total. The third-order valence-electron chi connectivity index (χ3n) is 7.31. The summed E-state index contributed by atoms with van der Waals surface area (Å²) in [7, 11) is 5.18. The van der Waals surface area contributed by atoms with Gasteiger partial charge >= 0.3 is 0 Å². The molecule has 42 heavy (non-hydrogen) atoms. The molecule has 0 aromatic heterocycles. The van der Waals surface area contributed by atoms with E-state index in [1.54, 1.807) is 51.4 Å². The van der Waals surface area contributed by atoms with Crippen molar-refractivity contribution in [1.29, 1.82) is 0 Å². The van der Waals surface area contributed by atoms with E-state index in [0.29, 0.717) is 17.9 Å². The number of hydrogen-bond donors (Lipinski definition) is 2. The smallest absolute Gasteiger partial charge is 0.252 e. The summed E-state index contributed by atoms with van der Waals surface area (Å²) in [5.74, 6) is 0.407. The Balaban J connectivity index is 0.000000295. The van der Waals surface area contributed by atoms with E-state index in [9.17, 15) is 9.59 Å². The lowest BCUT2D eigenvalue weighted by Gasteiger charge is -2.32. The molecule has 1 aliphatic rings. The van der Waals surface area contributed by atoms with Crippen molar-refractivity contribution in [1.82, 2.24) is 15.5 Å². The van der Waals surface area contributed by atoms with Crippen molar-refractivity contribution in [3.05, 3.63) is 78.5 Å². The van der Waals surface area contributed by atoms with Crippen LogP contribution in [0.2, 0.25) is 0 Å². The highest BCUT2D eigenvalue weighted by atomic mass is 31.0. The van der Waals surface area contributed by atoms with Crippen LogP contribution in [0.5, 0.6) is 5.75 Å². The summed E-state index contributed by atoms with van der Waals surface area (Å²) in [5.41, 5.74) is 0.802. The molecule has 0 saturated carbocycles. The number of nitrogens with zero attached hydrogens (tertiary/aromatic N) is 1. The summed E-state index contributed by atoms with van der Waals surface area (Å²) in [6, 6.07) is 17.6. The average molecular weight is 596 g/mol. The van der Waals surface area contributed by atoms with Gasteiger partial charge in [0.15, 0.2) is 0 Å². The van der Waals surface area contributed by atoms with Crippen molar-refractivity contribution in [2.75, 3.05) is 13.7 Å². The molecule has 3 rings (SSSR count). The van der Waals surface area contributed by atoms with Crippen LogP contribution in [0.3, 0.4) is 0 Å². The Kier molecular flexibility index (Phi) is 14.8. The molecule has 7 nitrogen and oxygen atoms in total. The van der Waals surface area contributed by atoms with Gasteiger partial charge < -0.3 is 25.0 Å². The molecule has 0 aliphatic carbocycles. The van der Waals surface area contributed by atoms with Crippen molar-refractivity contribution < 1.29 is 19.1 Å². The SMILES string of the molecule is C=CNC(CC(C)=P)C(CCC)OCc1ccccc1.COc1ccc(C(=O)NC(C)(C)C(=O)N2CCCC2C)cc1. The van der Waals surface area contributed by atoms with Gasteiger partial charge in [0, 0.05) is 18.2 Å². The Bertz CT molecular complexity index is 1140. The van der Waals surface area contributed by atoms with Gasteiger partial charge in [-0.05, 0) is 89.4 Å². The molecule has 1 saturated heterocycles. The second-order valence-corrected chi connectivity index (χ2v) is 12.2. The third kappa shape index (κ3) is 11.3. The summed E-state index contributed by atoms with van der Waals surface area (Å²) < 4.78 is 11.2. The first-order chi connectivity index (χ1) is 20.0. The fourth-order valence-electron chi connectivity index (χ4n) is 4.99. The highest BCUT2D eigenvalue weighted by molar-refractivity contribution is 7.20. The first kappa shape index (κ1) is 35.0. The van der Waals surface area contributed by atoms with Gasteiger partial charge in [-0.3, -0.25) is 9.59 Å². The molecule has 0 spiro atoms. The van der Waals surface area contributed by atoms with E-state index < -0.39 is 5.54 Å². The summed E-state index contributed by atoms with van der Waals surface area (Å²) >= 11 is 0. The first-order valence-corrected chi connectivity index (χ1v) is 15.4. The fourth-order valence-corrected chi connectivity index (χ4v) is 5.21. The molecule has 3 atom stereocenters. The van der Waals surface area contributed by atoms with Gasteiger partial charge in [-0.2, -0.15) is 0 Å². The maximum absolute atomic E-state index is 12.6. The van der Waals surface area contributed by atoms with Crippen molar-refractivity contribution in [2.24, 2.45) is 0 Å². The minimum atomic E-state index is -0.921. The Morgan fingerprint density at radius 2 is 1.83 bits per heavy atom. The Labute approximate surface area is 255 Å². The van der Waals surface area contributed by atoms with E-state index in [-0.39, 0.29) is 30.0 Å². The molecular weight excluding hydrogens is 545 g/mol. The predicted octanol–water partition coefficient (Wildman–Crippen LogP) is 6.41. The molecule has 2 aromatic carbocycles. The van der Waals surface area contributed by atoms with E-state index in [4.69, 9.17) is 9.47 Å². The molecule has 8 heteroatoms. The molecule has 1 heterocycles. The molecule has 0 bridgehead atoms. The number of rotatable bonds is 14. The highest BCUT2D eigenvalue weighted by Crippen LogP contribution is 2.21. The van der Waals surface area contributed by atoms with Crippen LogP contribution in [-0.2, 0) is 16.1 Å². The molecule has 1 fully saturated rings. The Morgan fingerprint density at radius 1 is 1.17 bits per heavy atom. The minimum absolute atomic E-state index is 0.0284. The van der Waals surface area contributed by atoms with Crippen LogP contribution in [0, 0.1) is 0 Å². The predicted molar refractivity (Wildman–Crippen MR) is 176 cm³/mol. The van der Waals surface area contributed by atoms with E-state index >= 15 is 0 Å². The zero-order valence-corrected chi connectivity index (χ0v) is 27.2. The van der Waals surface area contributed by atoms with Crippen molar-refractivity contribution in [3.8, 4) is 5.75 Å². The average Bonchev–Trinajstić information content (AvgIpc) is 3.40. The summed E-state index contributed by atoms with van der Waals surface area (Å²) in [6.07, 6.45) is 7.07. The quantitative estimate of drug-likeness (QED) is 0.247. The van der Waals surface area contributed by atoms with Crippen molar-refractivity contribution in [3.63, 3.8) is 0 Å². The molecule has 3 unspecified atom stereocenters.